The first-order valence-electron chi connectivity index (χ1n) is 9.79. The van der Waals surface area contributed by atoms with Crippen LogP contribution in [0.25, 0.3) is 17.4 Å². The number of nitrogens with zero attached hydrogens (tertiary/aromatic N) is 1. The molecule has 0 atom stereocenters. The van der Waals surface area contributed by atoms with Crippen molar-refractivity contribution in [3.05, 3.63) is 81.5 Å². The van der Waals surface area contributed by atoms with E-state index in [-0.39, 0.29) is 21.5 Å². The summed E-state index contributed by atoms with van der Waals surface area (Å²) >= 11 is 6.46. The number of furan rings is 1. The first-order chi connectivity index (χ1) is 15.2. The van der Waals surface area contributed by atoms with E-state index in [1.54, 1.807) is 24.3 Å². The molecule has 0 unspecified atom stereocenters. The van der Waals surface area contributed by atoms with E-state index in [2.05, 4.69) is 24.5 Å². The maximum atomic E-state index is 12.9. The highest BCUT2D eigenvalue weighted by atomic mass is 32.2. The molecule has 4 rings (SSSR count). The van der Waals surface area contributed by atoms with Crippen LogP contribution >= 0.6 is 24.0 Å². The van der Waals surface area contributed by atoms with Crippen LogP contribution in [-0.4, -0.2) is 26.3 Å². The number of carboxylic acids is 1. The number of thioether (sulfide) groups is 1. The molecule has 0 radical (unpaired) electrons. The fraction of sp³-hybridized carbons (Fsp3) is 0.125. The molecular formula is C24H20N2O4S2. The molecule has 2 aromatic carbocycles. The topological polar surface area (TPSA) is 82.8 Å². The number of para-hydroxylation sites is 1. The van der Waals surface area contributed by atoms with Gasteiger partial charge in [0.15, 0.2) is 4.32 Å². The highest BCUT2D eigenvalue weighted by molar-refractivity contribution is 8.26. The molecule has 1 aromatic heterocycles. The molecule has 1 aliphatic heterocycles. The number of anilines is 1. The number of aromatic carboxylic acids is 1. The third kappa shape index (κ3) is 4.19. The van der Waals surface area contributed by atoms with Gasteiger partial charge in [0.2, 0.25) is 0 Å². The second-order valence-electron chi connectivity index (χ2n) is 7.46. The minimum absolute atomic E-state index is 0.0463. The van der Waals surface area contributed by atoms with Crippen LogP contribution in [0, 0.1) is 20.8 Å². The van der Waals surface area contributed by atoms with Crippen molar-refractivity contribution in [1.82, 2.24) is 5.01 Å². The van der Waals surface area contributed by atoms with Gasteiger partial charge >= 0.3 is 5.97 Å². The molecule has 1 amide bonds. The van der Waals surface area contributed by atoms with Gasteiger partial charge in [-0.05, 0) is 68.4 Å². The van der Waals surface area contributed by atoms with Gasteiger partial charge in [-0.1, -0.05) is 41.6 Å². The lowest BCUT2D eigenvalue weighted by Gasteiger charge is -2.18. The maximum Gasteiger partial charge on any atom is 0.337 e. The van der Waals surface area contributed by atoms with Crippen LogP contribution in [0.2, 0.25) is 0 Å². The fourth-order valence-electron chi connectivity index (χ4n) is 3.71. The molecule has 0 saturated carbocycles. The Morgan fingerprint density at radius 1 is 1.12 bits per heavy atom. The van der Waals surface area contributed by atoms with E-state index < -0.39 is 5.97 Å². The normalized spacial score (nSPS) is 15.0. The number of nitrogens with one attached hydrogen (secondary N) is 1. The molecule has 1 saturated heterocycles. The number of aryl methyl sites for hydroxylation is 3. The number of carboxylic acid groups (broad SMARTS) is 1. The van der Waals surface area contributed by atoms with Crippen LogP contribution in [0.1, 0.15) is 32.8 Å². The Morgan fingerprint density at radius 2 is 1.81 bits per heavy atom. The van der Waals surface area contributed by atoms with E-state index >= 15 is 0 Å². The van der Waals surface area contributed by atoms with Crippen LogP contribution in [0.4, 0.5) is 5.69 Å². The molecule has 0 aliphatic carbocycles. The second kappa shape index (κ2) is 8.64. The van der Waals surface area contributed by atoms with E-state index in [0.717, 1.165) is 34.2 Å². The molecule has 0 spiro atoms. The van der Waals surface area contributed by atoms with Crippen molar-refractivity contribution in [3.8, 4) is 11.3 Å². The van der Waals surface area contributed by atoms with Crippen LogP contribution in [0.5, 0.6) is 0 Å². The van der Waals surface area contributed by atoms with E-state index in [0.29, 0.717) is 10.7 Å². The van der Waals surface area contributed by atoms with Gasteiger partial charge in [0.25, 0.3) is 5.91 Å². The van der Waals surface area contributed by atoms with E-state index in [4.69, 9.17) is 16.6 Å². The fourth-order valence-corrected chi connectivity index (χ4v) is 4.87. The molecule has 3 aromatic rings. The lowest BCUT2D eigenvalue weighted by Crippen LogP contribution is -2.34. The van der Waals surface area contributed by atoms with Gasteiger partial charge in [0.05, 0.1) is 16.2 Å². The second-order valence-corrected chi connectivity index (χ2v) is 9.13. The zero-order chi connectivity index (χ0) is 23.0. The van der Waals surface area contributed by atoms with Crippen molar-refractivity contribution >= 4 is 51.9 Å². The molecule has 1 fully saturated rings. The number of thiocarbonyl (C=S) groups is 1. The van der Waals surface area contributed by atoms with Crippen LogP contribution in [0.3, 0.4) is 0 Å². The number of hydrogen-bond acceptors (Lipinski definition) is 6. The van der Waals surface area contributed by atoms with Gasteiger partial charge in [-0.25, -0.2) is 9.80 Å². The summed E-state index contributed by atoms with van der Waals surface area (Å²) < 4.78 is 6.30. The summed E-state index contributed by atoms with van der Waals surface area (Å²) in [5.74, 6) is -0.208. The Hall–Kier alpha value is -3.36. The van der Waals surface area contributed by atoms with Crippen molar-refractivity contribution in [2.45, 2.75) is 20.8 Å². The number of carbonyl (C=O) groups excluding carboxylic acids is 1. The Balaban J connectivity index is 1.59. The predicted molar refractivity (Wildman–Crippen MR) is 130 cm³/mol. The van der Waals surface area contributed by atoms with Gasteiger partial charge in [-0.15, -0.1) is 0 Å². The zero-order valence-electron chi connectivity index (χ0n) is 17.6. The number of rotatable bonds is 5. The van der Waals surface area contributed by atoms with E-state index in [1.807, 2.05) is 26.0 Å². The quantitative estimate of drug-likeness (QED) is 0.365. The van der Waals surface area contributed by atoms with E-state index in [1.165, 1.54) is 16.6 Å². The highest BCUT2D eigenvalue weighted by Gasteiger charge is 2.33. The van der Waals surface area contributed by atoms with Crippen LogP contribution < -0.4 is 5.43 Å². The molecule has 0 bridgehead atoms. The van der Waals surface area contributed by atoms with Crippen molar-refractivity contribution < 1.29 is 19.1 Å². The molecule has 32 heavy (non-hydrogen) atoms. The van der Waals surface area contributed by atoms with Crippen molar-refractivity contribution in [2.24, 2.45) is 0 Å². The summed E-state index contributed by atoms with van der Waals surface area (Å²) in [5, 5.41) is 10.5. The monoisotopic (exact) mass is 464 g/mol. The van der Waals surface area contributed by atoms with Gasteiger partial charge in [-0.3, -0.25) is 10.2 Å². The molecule has 2 heterocycles. The van der Waals surface area contributed by atoms with E-state index in [9.17, 15) is 14.7 Å². The van der Waals surface area contributed by atoms with Crippen molar-refractivity contribution in [1.29, 1.82) is 0 Å². The van der Waals surface area contributed by atoms with Crippen molar-refractivity contribution in [3.63, 3.8) is 0 Å². The number of hydrogen-bond donors (Lipinski definition) is 2. The number of amides is 1. The average molecular weight is 465 g/mol. The standard InChI is InChI=1S/C24H20N2O4S2/c1-13-10-14(2)21(15(3)11-13)19-9-8-16(30-19)12-20-22(27)26(24(31)32-20)25-18-7-5-4-6-17(18)23(28)29/h4-12,25H,1-3H3,(H,28,29)/b20-12+. The Morgan fingerprint density at radius 3 is 2.50 bits per heavy atom. The smallest absolute Gasteiger partial charge is 0.337 e. The molecule has 1 aliphatic rings. The minimum Gasteiger partial charge on any atom is -0.478 e. The van der Waals surface area contributed by atoms with Gasteiger partial charge in [0, 0.05) is 11.6 Å². The summed E-state index contributed by atoms with van der Waals surface area (Å²) in [6, 6.07) is 14.2. The first-order valence-corrected chi connectivity index (χ1v) is 11.0. The van der Waals surface area contributed by atoms with Crippen LogP contribution in [0.15, 0.2) is 57.9 Å². The summed E-state index contributed by atoms with van der Waals surface area (Å²) in [6.45, 7) is 6.15. The predicted octanol–water partition coefficient (Wildman–Crippen LogP) is 5.80. The molecule has 162 valence electrons. The SMILES string of the molecule is Cc1cc(C)c(-c2ccc(/C=C3/SC(=S)N(Nc4ccccc4C(=O)O)C3=O)o2)c(C)c1. The number of benzene rings is 2. The number of hydrazine groups is 1. The Labute approximate surface area is 194 Å². The average Bonchev–Trinajstić information content (AvgIpc) is 3.27. The summed E-state index contributed by atoms with van der Waals surface area (Å²) in [6.07, 6.45) is 1.65. The molecule has 2 N–H and O–H groups in total. The van der Waals surface area contributed by atoms with Gasteiger partial charge < -0.3 is 9.52 Å². The largest absolute Gasteiger partial charge is 0.478 e. The molecule has 6 nitrogen and oxygen atoms in total. The lowest BCUT2D eigenvalue weighted by molar-refractivity contribution is -0.121. The molecular weight excluding hydrogens is 444 g/mol. The maximum absolute atomic E-state index is 12.9. The lowest BCUT2D eigenvalue weighted by atomic mass is 9.98. The Bertz CT molecular complexity index is 1270. The zero-order valence-corrected chi connectivity index (χ0v) is 19.3. The third-order valence-corrected chi connectivity index (χ3v) is 6.31. The van der Waals surface area contributed by atoms with Gasteiger partial charge in [0.1, 0.15) is 11.5 Å². The summed E-state index contributed by atoms with van der Waals surface area (Å²) in [7, 11) is 0. The van der Waals surface area contributed by atoms with Crippen molar-refractivity contribution in [2.75, 3.05) is 5.43 Å². The minimum atomic E-state index is -1.10. The van der Waals surface area contributed by atoms with Gasteiger partial charge in [-0.2, -0.15) is 0 Å². The summed E-state index contributed by atoms with van der Waals surface area (Å²) in [5.41, 5.74) is 7.62. The highest BCUT2D eigenvalue weighted by Crippen LogP contribution is 2.35. The first kappa shape index (κ1) is 21.9. The molecule has 8 heteroatoms. The third-order valence-electron chi connectivity index (χ3n) is 5.01. The number of carbonyl (C=O) groups is 2. The summed E-state index contributed by atoms with van der Waals surface area (Å²) in [4.78, 5) is 24.8. The Kier molecular flexibility index (Phi) is 5.90. The van der Waals surface area contributed by atoms with Crippen LogP contribution in [-0.2, 0) is 4.79 Å².